The molecule has 0 spiro atoms. The predicted octanol–water partition coefficient (Wildman–Crippen LogP) is 3.10. The van der Waals surface area contributed by atoms with Crippen LogP contribution < -0.4 is 5.32 Å². The highest BCUT2D eigenvalue weighted by Gasteiger charge is 2.19. The van der Waals surface area contributed by atoms with Crippen molar-refractivity contribution in [1.29, 1.82) is 5.26 Å². The largest absolute Gasteiger partial charge is 0.466 e. The standard InChI is InChI=1S/C13H20N2O/c1-9-6-12(11(3)16-9)10(2)15-8-13(4,5)7-14/h6,10,15H,8H2,1-5H3. The van der Waals surface area contributed by atoms with Crippen molar-refractivity contribution in [3.63, 3.8) is 0 Å². The second-order valence-corrected chi connectivity index (χ2v) is 4.97. The number of hydrogen-bond acceptors (Lipinski definition) is 3. The molecule has 1 rings (SSSR count). The van der Waals surface area contributed by atoms with E-state index in [0.29, 0.717) is 6.54 Å². The lowest BCUT2D eigenvalue weighted by Gasteiger charge is -2.20. The third kappa shape index (κ3) is 3.11. The fourth-order valence-electron chi connectivity index (χ4n) is 1.64. The molecule has 3 nitrogen and oxygen atoms in total. The summed E-state index contributed by atoms with van der Waals surface area (Å²) in [6.07, 6.45) is 0. The van der Waals surface area contributed by atoms with Gasteiger partial charge in [-0.2, -0.15) is 5.26 Å². The van der Waals surface area contributed by atoms with E-state index < -0.39 is 0 Å². The molecule has 0 aromatic carbocycles. The Bertz CT molecular complexity index is 399. The van der Waals surface area contributed by atoms with Crippen molar-refractivity contribution >= 4 is 0 Å². The third-order valence-electron chi connectivity index (χ3n) is 2.70. The Morgan fingerprint density at radius 2 is 2.12 bits per heavy atom. The first-order valence-corrected chi connectivity index (χ1v) is 5.57. The summed E-state index contributed by atoms with van der Waals surface area (Å²) in [7, 11) is 0. The normalized spacial score (nSPS) is 13.5. The van der Waals surface area contributed by atoms with Crippen molar-refractivity contribution in [3.8, 4) is 6.07 Å². The van der Waals surface area contributed by atoms with Crippen LogP contribution in [0.4, 0.5) is 0 Å². The van der Waals surface area contributed by atoms with Gasteiger partial charge in [0.15, 0.2) is 0 Å². The highest BCUT2D eigenvalue weighted by molar-refractivity contribution is 5.23. The van der Waals surface area contributed by atoms with E-state index >= 15 is 0 Å². The Balaban J connectivity index is 2.64. The summed E-state index contributed by atoms with van der Waals surface area (Å²) < 4.78 is 5.49. The molecule has 1 unspecified atom stereocenters. The van der Waals surface area contributed by atoms with Gasteiger partial charge in [0.1, 0.15) is 11.5 Å². The van der Waals surface area contributed by atoms with Crippen LogP contribution in [0, 0.1) is 30.6 Å². The lowest BCUT2D eigenvalue weighted by atomic mass is 9.95. The van der Waals surface area contributed by atoms with E-state index in [2.05, 4.69) is 18.3 Å². The molecule has 1 N–H and O–H groups in total. The quantitative estimate of drug-likeness (QED) is 0.848. The van der Waals surface area contributed by atoms with Crippen molar-refractivity contribution < 1.29 is 4.42 Å². The second kappa shape index (κ2) is 4.71. The van der Waals surface area contributed by atoms with Crippen molar-refractivity contribution in [1.82, 2.24) is 5.32 Å². The van der Waals surface area contributed by atoms with Gasteiger partial charge in [-0.15, -0.1) is 0 Å². The molecule has 0 amide bonds. The molecule has 0 fully saturated rings. The first-order valence-electron chi connectivity index (χ1n) is 5.57. The molecule has 0 aliphatic heterocycles. The van der Waals surface area contributed by atoms with Gasteiger partial charge in [0.05, 0.1) is 11.5 Å². The highest BCUT2D eigenvalue weighted by atomic mass is 16.3. The zero-order valence-electron chi connectivity index (χ0n) is 10.7. The van der Waals surface area contributed by atoms with Gasteiger partial charge in [-0.3, -0.25) is 0 Å². The van der Waals surface area contributed by atoms with Gasteiger partial charge in [0, 0.05) is 18.2 Å². The third-order valence-corrected chi connectivity index (χ3v) is 2.70. The van der Waals surface area contributed by atoms with Crippen LogP contribution in [0.2, 0.25) is 0 Å². The van der Waals surface area contributed by atoms with Gasteiger partial charge in [0.25, 0.3) is 0 Å². The van der Waals surface area contributed by atoms with Crippen molar-refractivity contribution in [2.45, 2.75) is 40.7 Å². The van der Waals surface area contributed by atoms with Gasteiger partial charge in [0.2, 0.25) is 0 Å². The van der Waals surface area contributed by atoms with Crippen molar-refractivity contribution in [2.75, 3.05) is 6.54 Å². The number of nitrogens with one attached hydrogen (secondary N) is 1. The van der Waals surface area contributed by atoms with Crippen LogP contribution in [0.25, 0.3) is 0 Å². The van der Waals surface area contributed by atoms with E-state index in [9.17, 15) is 0 Å². The molecule has 16 heavy (non-hydrogen) atoms. The average Bonchev–Trinajstić information content (AvgIpc) is 2.54. The van der Waals surface area contributed by atoms with Crippen LogP contribution in [0.3, 0.4) is 0 Å². The summed E-state index contributed by atoms with van der Waals surface area (Å²) in [6.45, 7) is 10.5. The molecule has 1 aromatic rings. The van der Waals surface area contributed by atoms with Crippen molar-refractivity contribution in [3.05, 3.63) is 23.2 Å². The van der Waals surface area contributed by atoms with Crippen molar-refractivity contribution in [2.24, 2.45) is 5.41 Å². The SMILES string of the molecule is Cc1cc(C(C)NCC(C)(C)C#N)c(C)o1. The maximum atomic E-state index is 8.93. The minimum Gasteiger partial charge on any atom is -0.466 e. The summed E-state index contributed by atoms with van der Waals surface area (Å²) in [4.78, 5) is 0. The van der Waals surface area contributed by atoms with Gasteiger partial charge in [-0.05, 0) is 40.7 Å². The maximum absolute atomic E-state index is 8.93. The Morgan fingerprint density at radius 3 is 2.56 bits per heavy atom. The van der Waals surface area contributed by atoms with E-state index in [4.69, 9.17) is 9.68 Å². The Hall–Kier alpha value is -1.27. The van der Waals surface area contributed by atoms with Crippen LogP contribution >= 0.6 is 0 Å². The molecule has 3 heteroatoms. The molecular weight excluding hydrogens is 200 g/mol. The van der Waals surface area contributed by atoms with Gasteiger partial charge >= 0.3 is 0 Å². The zero-order chi connectivity index (χ0) is 12.3. The number of rotatable bonds is 4. The molecule has 1 aromatic heterocycles. The maximum Gasteiger partial charge on any atom is 0.105 e. The minimum atomic E-state index is -0.332. The van der Waals surface area contributed by atoms with Crippen LogP contribution in [0.5, 0.6) is 0 Å². The first kappa shape index (κ1) is 12.8. The van der Waals surface area contributed by atoms with E-state index in [1.54, 1.807) is 0 Å². The Kier molecular flexibility index (Phi) is 3.77. The zero-order valence-corrected chi connectivity index (χ0v) is 10.7. The van der Waals surface area contributed by atoms with Crippen LogP contribution in [0.15, 0.2) is 10.5 Å². The summed E-state index contributed by atoms with van der Waals surface area (Å²) in [5.74, 6) is 1.88. The van der Waals surface area contributed by atoms with E-state index in [1.165, 1.54) is 5.56 Å². The molecule has 0 radical (unpaired) electrons. The van der Waals surface area contributed by atoms with Gasteiger partial charge in [-0.1, -0.05) is 0 Å². The molecular formula is C13H20N2O. The molecule has 0 saturated carbocycles. The fraction of sp³-hybridized carbons (Fsp3) is 0.615. The summed E-state index contributed by atoms with van der Waals surface area (Å²) in [6, 6.07) is 4.54. The minimum absolute atomic E-state index is 0.213. The monoisotopic (exact) mass is 220 g/mol. The lowest BCUT2D eigenvalue weighted by molar-refractivity contribution is 0.411. The summed E-state index contributed by atoms with van der Waals surface area (Å²) >= 11 is 0. The van der Waals surface area contributed by atoms with E-state index in [1.807, 2.05) is 33.8 Å². The molecule has 1 heterocycles. The lowest BCUT2D eigenvalue weighted by Crippen LogP contribution is -2.30. The average molecular weight is 220 g/mol. The van der Waals surface area contributed by atoms with E-state index in [-0.39, 0.29) is 11.5 Å². The molecule has 0 aliphatic rings. The fourth-order valence-corrected chi connectivity index (χ4v) is 1.64. The summed E-state index contributed by atoms with van der Waals surface area (Å²) in [5, 5.41) is 12.3. The topological polar surface area (TPSA) is 49.0 Å². The van der Waals surface area contributed by atoms with Gasteiger partial charge < -0.3 is 9.73 Å². The summed E-state index contributed by atoms with van der Waals surface area (Å²) in [5.41, 5.74) is 0.840. The van der Waals surface area contributed by atoms with Crippen LogP contribution in [0.1, 0.15) is 43.9 Å². The molecule has 0 aliphatic carbocycles. The second-order valence-electron chi connectivity index (χ2n) is 4.97. The molecule has 88 valence electrons. The van der Waals surface area contributed by atoms with E-state index in [0.717, 1.165) is 11.5 Å². The number of nitriles is 1. The Morgan fingerprint density at radius 1 is 1.50 bits per heavy atom. The number of hydrogen-bond donors (Lipinski definition) is 1. The predicted molar refractivity (Wildman–Crippen MR) is 64.0 cm³/mol. The molecule has 0 saturated heterocycles. The number of nitrogens with zero attached hydrogens (tertiary/aromatic N) is 1. The highest BCUT2D eigenvalue weighted by Crippen LogP contribution is 2.22. The number of furan rings is 1. The molecule has 1 atom stereocenters. The van der Waals surface area contributed by atoms with Crippen LogP contribution in [-0.2, 0) is 0 Å². The smallest absolute Gasteiger partial charge is 0.105 e. The van der Waals surface area contributed by atoms with Gasteiger partial charge in [-0.25, -0.2) is 0 Å². The Labute approximate surface area is 97.5 Å². The molecule has 0 bridgehead atoms. The number of aryl methyl sites for hydroxylation is 2. The first-order chi connectivity index (χ1) is 7.35. The van der Waals surface area contributed by atoms with Crippen LogP contribution in [-0.4, -0.2) is 6.54 Å².